The molecule has 17 heavy (non-hydrogen) atoms. The van der Waals surface area contributed by atoms with Crippen molar-refractivity contribution in [1.29, 1.82) is 0 Å². The van der Waals surface area contributed by atoms with E-state index in [4.69, 9.17) is 10.5 Å². The van der Waals surface area contributed by atoms with E-state index in [0.29, 0.717) is 30.6 Å². The van der Waals surface area contributed by atoms with Crippen molar-refractivity contribution in [3.63, 3.8) is 0 Å². The fourth-order valence-electron chi connectivity index (χ4n) is 1.93. The van der Waals surface area contributed by atoms with Gasteiger partial charge in [0.2, 0.25) is 0 Å². The molecule has 0 unspecified atom stereocenters. The van der Waals surface area contributed by atoms with E-state index in [9.17, 15) is 4.79 Å². The monoisotopic (exact) mass is 237 g/mol. The maximum Gasteiger partial charge on any atom is 0.359 e. The molecule has 0 radical (unpaired) electrons. The van der Waals surface area contributed by atoms with E-state index in [1.54, 1.807) is 11.6 Å². The normalized spacial score (nSPS) is 14.9. The molecule has 0 atom stereocenters. The Labute approximate surface area is 101 Å². The molecule has 1 fully saturated rings. The second-order valence-corrected chi connectivity index (χ2v) is 4.40. The van der Waals surface area contributed by atoms with Gasteiger partial charge in [0.05, 0.1) is 6.61 Å². The molecule has 1 aliphatic carbocycles. The molecule has 5 nitrogen and oxygen atoms in total. The summed E-state index contributed by atoms with van der Waals surface area (Å²) < 4.78 is 6.68. The maximum absolute atomic E-state index is 11.8. The zero-order valence-electron chi connectivity index (χ0n) is 10.4. The average Bonchev–Trinajstić information content (AvgIpc) is 3.06. The van der Waals surface area contributed by atoms with Crippen LogP contribution in [0.4, 0.5) is 5.82 Å². The topological polar surface area (TPSA) is 70.1 Å². The second-order valence-electron chi connectivity index (χ2n) is 4.40. The summed E-state index contributed by atoms with van der Waals surface area (Å²) >= 11 is 0. The molecule has 0 amide bonds. The second kappa shape index (κ2) is 4.77. The molecular weight excluding hydrogens is 218 g/mol. The highest BCUT2D eigenvalue weighted by atomic mass is 16.5. The molecule has 0 spiro atoms. The molecule has 0 aliphatic heterocycles. The first-order valence-corrected chi connectivity index (χ1v) is 6.19. The minimum atomic E-state index is -0.359. The highest BCUT2D eigenvalue weighted by Gasteiger charge is 2.29. The van der Waals surface area contributed by atoms with Crippen molar-refractivity contribution in [1.82, 2.24) is 9.78 Å². The van der Waals surface area contributed by atoms with Crippen molar-refractivity contribution in [2.75, 3.05) is 12.3 Å². The van der Waals surface area contributed by atoms with Crippen molar-refractivity contribution < 1.29 is 9.53 Å². The summed E-state index contributed by atoms with van der Waals surface area (Å²) in [6.07, 6.45) is 3.29. The standard InChI is InChI=1S/C12H19N3O2/c1-3-15-11(13)9(7-8-5-6-8)10(14-15)12(16)17-4-2/h8H,3-7,13H2,1-2H3. The summed E-state index contributed by atoms with van der Waals surface area (Å²) in [6.45, 7) is 4.78. The average molecular weight is 237 g/mol. The van der Waals surface area contributed by atoms with Crippen LogP contribution in [0, 0.1) is 5.92 Å². The summed E-state index contributed by atoms with van der Waals surface area (Å²) in [5.74, 6) is 0.921. The van der Waals surface area contributed by atoms with Crippen LogP contribution in [0.1, 0.15) is 42.7 Å². The molecule has 0 saturated heterocycles. The van der Waals surface area contributed by atoms with Gasteiger partial charge >= 0.3 is 5.97 Å². The van der Waals surface area contributed by atoms with Gasteiger partial charge in [-0.05, 0) is 39.0 Å². The number of hydrogen-bond acceptors (Lipinski definition) is 4. The molecule has 2 N–H and O–H groups in total. The Morgan fingerprint density at radius 1 is 1.53 bits per heavy atom. The van der Waals surface area contributed by atoms with Crippen LogP contribution in [0.5, 0.6) is 0 Å². The molecule has 0 bridgehead atoms. The predicted octanol–water partition coefficient (Wildman–Crippen LogP) is 1.61. The van der Waals surface area contributed by atoms with Crippen LogP contribution in [0.15, 0.2) is 0 Å². The van der Waals surface area contributed by atoms with E-state index < -0.39 is 0 Å². The molecule has 1 aromatic heterocycles. The first-order chi connectivity index (χ1) is 8.17. The summed E-state index contributed by atoms with van der Waals surface area (Å²) in [4.78, 5) is 11.8. The molecule has 2 rings (SSSR count). The fourth-order valence-corrected chi connectivity index (χ4v) is 1.93. The zero-order valence-corrected chi connectivity index (χ0v) is 10.4. The molecule has 1 saturated carbocycles. The Morgan fingerprint density at radius 3 is 2.76 bits per heavy atom. The Hall–Kier alpha value is -1.52. The highest BCUT2D eigenvalue weighted by Crippen LogP contribution is 2.35. The highest BCUT2D eigenvalue weighted by molar-refractivity contribution is 5.90. The number of rotatable bonds is 5. The van der Waals surface area contributed by atoms with E-state index in [-0.39, 0.29) is 5.97 Å². The molecule has 1 heterocycles. The Balaban J connectivity index is 2.30. The van der Waals surface area contributed by atoms with Crippen LogP contribution in [0.2, 0.25) is 0 Å². The van der Waals surface area contributed by atoms with E-state index in [0.717, 1.165) is 12.0 Å². The number of carbonyl (C=O) groups is 1. The number of nitrogens with two attached hydrogens (primary N) is 1. The summed E-state index contributed by atoms with van der Waals surface area (Å²) in [7, 11) is 0. The minimum absolute atomic E-state index is 0.359. The third kappa shape index (κ3) is 2.43. The number of carbonyl (C=O) groups excluding carboxylic acids is 1. The number of esters is 1. The number of anilines is 1. The van der Waals surface area contributed by atoms with E-state index in [1.165, 1.54) is 12.8 Å². The summed E-state index contributed by atoms with van der Waals surface area (Å²) in [5, 5.41) is 4.24. The Kier molecular flexibility index (Phi) is 3.36. The van der Waals surface area contributed by atoms with Crippen molar-refractivity contribution in [3.8, 4) is 0 Å². The lowest BCUT2D eigenvalue weighted by molar-refractivity contribution is 0.0517. The van der Waals surface area contributed by atoms with Gasteiger partial charge in [0.1, 0.15) is 5.82 Å². The number of nitrogen functional groups attached to an aromatic ring is 1. The van der Waals surface area contributed by atoms with Crippen LogP contribution in [0.25, 0.3) is 0 Å². The molecule has 1 aliphatic rings. The largest absolute Gasteiger partial charge is 0.461 e. The number of hydrogen-bond donors (Lipinski definition) is 1. The number of aromatic nitrogens is 2. The van der Waals surface area contributed by atoms with Crippen molar-refractivity contribution in [2.45, 2.75) is 39.7 Å². The number of nitrogens with zero attached hydrogens (tertiary/aromatic N) is 2. The van der Waals surface area contributed by atoms with Crippen LogP contribution in [0.3, 0.4) is 0 Å². The third-order valence-corrected chi connectivity index (χ3v) is 3.05. The van der Waals surface area contributed by atoms with Gasteiger partial charge in [-0.1, -0.05) is 0 Å². The Morgan fingerprint density at radius 2 is 2.24 bits per heavy atom. The fraction of sp³-hybridized carbons (Fsp3) is 0.667. The molecular formula is C12H19N3O2. The Bertz CT molecular complexity index is 422. The molecule has 5 heteroatoms. The van der Waals surface area contributed by atoms with Crippen molar-refractivity contribution in [2.24, 2.45) is 5.92 Å². The van der Waals surface area contributed by atoms with Crippen molar-refractivity contribution >= 4 is 11.8 Å². The summed E-state index contributed by atoms with van der Waals surface area (Å²) in [6, 6.07) is 0. The van der Waals surface area contributed by atoms with Crippen LogP contribution >= 0.6 is 0 Å². The maximum atomic E-state index is 11.8. The SMILES string of the molecule is CCOC(=O)c1nn(CC)c(N)c1CC1CC1. The van der Waals surface area contributed by atoms with Gasteiger partial charge in [0, 0.05) is 12.1 Å². The van der Waals surface area contributed by atoms with Gasteiger partial charge in [-0.15, -0.1) is 0 Å². The smallest absolute Gasteiger partial charge is 0.359 e. The number of aryl methyl sites for hydroxylation is 1. The van der Waals surface area contributed by atoms with Gasteiger partial charge < -0.3 is 10.5 Å². The van der Waals surface area contributed by atoms with Crippen LogP contribution < -0.4 is 5.73 Å². The van der Waals surface area contributed by atoms with Gasteiger partial charge in [-0.3, -0.25) is 0 Å². The quantitative estimate of drug-likeness (QED) is 0.790. The summed E-state index contributed by atoms with van der Waals surface area (Å²) in [5.41, 5.74) is 7.29. The number of ether oxygens (including phenoxy) is 1. The first-order valence-electron chi connectivity index (χ1n) is 6.19. The molecule has 0 aromatic carbocycles. The van der Waals surface area contributed by atoms with E-state index >= 15 is 0 Å². The molecule has 94 valence electrons. The van der Waals surface area contributed by atoms with Crippen molar-refractivity contribution in [3.05, 3.63) is 11.3 Å². The van der Waals surface area contributed by atoms with Gasteiger partial charge in [-0.2, -0.15) is 5.10 Å². The lowest BCUT2D eigenvalue weighted by Gasteiger charge is -2.02. The zero-order chi connectivity index (χ0) is 12.4. The van der Waals surface area contributed by atoms with Crippen LogP contribution in [-0.4, -0.2) is 22.4 Å². The molecule has 1 aromatic rings. The van der Waals surface area contributed by atoms with Gasteiger partial charge in [-0.25, -0.2) is 9.48 Å². The van der Waals surface area contributed by atoms with E-state index in [2.05, 4.69) is 5.10 Å². The minimum Gasteiger partial charge on any atom is -0.461 e. The van der Waals surface area contributed by atoms with E-state index in [1.807, 2.05) is 6.92 Å². The van der Waals surface area contributed by atoms with Crippen LogP contribution in [-0.2, 0) is 17.7 Å². The lowest BCUT2D eigenvalue weighted by atomic mass is 10.1. The van der Waals surface area contributed by atoms with Gasteiger partial charge in [0.25, 0.3) is 0 Å². The predicted molar refractivity (Wildman–Crippen MR) is 64.7 cm³/mol. The third-order valence-electron chi connectivity index (χ3n) is 3.05. The lowest BCUT2D eigenvalue weighted by Crippen LogP contribution is -2.09. The first kappa shape index (κ1) is 12.0. The van der Waals surface area contributed by atoms with Gasteiger partial charge in [0.15, 0.2) is 5.69 Å².